The number of aromatic nitrogens is 2. The monoisotopic (exact) mass is 471 g/mol. The van der Waals surface area contributed by atoms with Crippen molar-refractivity contribution in [3.05, 3.63) is 71.7 Å². The molecule has 4 N–H and O–H groups in total. The van der Waals surface area contributed by atoms with Crippen molar-refractivity contribution in [2.45, 2.75) is 30.8 Å². The van der Waals surface area contributed by atoms with Crippen molar-refractivity contribution in [1.82, 2.24) is 15.3 Å². The number of hydrogen-bond acceptors (Lipinski definition) is 7. The van der Waals surface area contributed by atoms with Crippen LogP contribution >= 0.6 is 0 Å². The maximum atomic E-state index is 14.2. The maximum absolute atomic E-state index is 14.2. The van der Waals surface area contributed by atoms with Gasteiger partial charge in [0.15, 0.2) is 0 Å². The lowest BCUT2D eigenvalue weighted by atomic mass is 10.1. The molecule has 0 saturated heterocycles. The number of rotatable bonds is 9. The van der Waals surface area contributed by atoms with Gasteiger partial charge < -0.3 is 21.1 Å². The van der Waals surface area contributed by atoms with Gasteiger partial charge in [0.05, 0.1) is 28.3 Å². The highest BCUT2D eigenvalue weighted by Gasteiger charge is 2.20. The number of benzene rings is 2. The van der Waals surface area contributed by atoms with Gasteiger partial charge in [0.1, 0.15) is 17.2 Å². The Bertz CT molecular complexity index is 1140. The highest BCUT2D eigenvalue weighted by molar-refractivity contribution is 7.84. The number of nitrogens with one attached hydrogen (secondary N) is 3. The minimum Gasteiger partial charge on any atom is -0.394 e. The van der Waals surface area contributed by atoms with Crippen LogP contribution in [0.5, 0.6) is 0 Å². The summed E-state index contributed by atoms with van der Waals surface area (Å²) in [5.74, 6) is -0.658. The number of amides is 1. The first-order valence-corrected chi connectivity index (χ1v) is 11.8. The van der Waals surface area contributed by atoms with Gasteiger partial charge in [0.2, 0.25) is 5.95 Å². The second-order valence-corrected chi connectivity index (χ2v) is 8.95. The van der Waals surface area contributed by atoms with Crippen LogP contribution in [0.4, 0.5) is 21.8 Å². The third kappa shape index (κ3) is 6.33. The molecule has 0 radical (unpaired) electrons. The van der Waals surface area contributed by atoms with Crippen molar-refractivity contribution in [2.75, 3.05) is 23.5 Å². The summed E-state index contributed by atoms with van der Waals surface area (Å²) in [4.78, 5) is 21.4. The second kappa shape index (κ2) is 11.0. The van der Waals surface area contributed by atoms with E-state index in [9.17, 15) is 18.5 Å². The maximum Gasteiger partial charge on any atom is 0.256 e. The summed E-state index contributed by atoms with van der Waals surface area (Å²) in [7, 11) is -1.45. The van der Waals surface area contributed by atoms with E-state index in [1.807, 2.05) is 44.2 Å². The summed E-state index contributed by atoms with van der Waals surface area (Å²) in [6.07, 6.45) is 2.76. The molecule has 33 heavy (non-hydrogen) atoms. The summed E-state index contributed by atoms with van der Waals surface area (Å²) < 4.78 is 25.8. The standard InChI is InChI=1S/C23H26FN5O3S/c1-14(2)26-22(31)17-12-25-23(27-16-9-10-20(33(3)32)18(24)11-16)29-21(17)28-19(13-30)15-7-5-4-6-8-15/h4-12,14,19,30H,13H2,1-3H3,(H,26,31)(H2,25,27,28,29). The average Bonchev–Trinajstić information content (AvgIpc) is 2.77. The van der Waals surface area contributed by atoms with Gasteiger partial charge in [0, 0.05) is 24.2 Å². The fraction of sp³-hybridized carbons (Fsp3) is 0.261. The number of hydrogen-bond donors (Lipinski definition) is 4. The fourth-order valence-corrected chi connectivity index (χ4v) is 3.68. The molecular weight excluding hydrogens is 445 g/mol. The van der Waals surface area contributed by atoms with Crippen LogP contribution in [0, 0.1) is 5.82 Å². The number of nitrogens with zero attached hydrogens (tertiary/aromatic N) is 2. The third-order valence-electron chi connectivity index (χ3n) is 4.65. The number of aliphatic hydroxyl groups is 1. The van der Waals surface area contributed by atoms with E-state index in [1.165, 1.54) is 24.6 Å². The van der Waals surface area contributed by atoms with Gasteiger partial charge in [-0.15, -0.1) is 0 Å². The molecule has 0 fully saturated rings. The quantitative estimate of drug-likeness (QED) is 0.378. The molecule has 2 aromatic carbocycles. The summed E-state index contributed by atoms with van der Waals surface area (Å²) in [5.41, 5.74) is 1.37. The van der Waals surface area contributed by atoms with Gasteiger partial charge in [-0.1, -0.05) is 30.3 Å². The van der Waals surface area contributed by atoms with E-state index in [-0.39, 0.29) is 40.8 Å². The Kier molecular flexibility index (Phi) is 8.07. The summed E-state index contributed by atoms with van der Waals surface area (Å²) >= 11 is 0. The molecule has 2 unspecified atom stereocenters. The molecule has 0 spiro atoms. The minimum atomic E-state index is -1.45. The van der Waals surface area contributed by atoms with E-state index in [4.69, 9.17) is 0 Å². The Hall–Kier alpha value is -3.37. The highest BCUT2D eigenvalue weighted by Crippen LogP contribution is 2.24. The minimum absolute atomic E-state index is 0.0955. The summed E-state index contributed by atoms with van der Waals surface area (Å²) in [6, 6.07) is 12.8. The van der Waals surface area contributed by atoms with Crippen LogP contribution in [0.25, 0.3) is 0 Å². The van der Waals surface area contributed by atoms with Crippen molar-refractivity contribution < 1.29 is 18.5 Å². The van der Waals surface area contributed by atoms with E-state index in [0.29, 0.717) is 5.69 Å². The first-order chi connectivity index (χ1) is 15.8. The number of anilines is 3. The second-order valence-electron chi connectivity index (χ2n) is 7.60. The number of carbonyl (C=O) groups is 1. The number of halogens is 1. The molecule has 0 bridgehead atoms. The van der Waals surface area contributed by atoms with Gasteiger partial charge in [-0.2, -0.15) is 4.98 Å². The summed E-state index contributed by atoms with van der Waals surface area (Å²) in [6.45, 7) is 3.44. The predicted molar refractivity (Wildman–Crippen MR) is 127 cm³/mol. The van der Waals surface area contributed by atoms with E-state index in [2.05, 4.69) is 25.9 Å². The van der Waals surface area contributed by atoms with E-state index < -0.39 is 22.7 Å². The SMILES string of the molecule is CC(C)NC(=O)c1cnc(Nc2ccc(S(C)=O)c(F)c2)nc1NC(CO)c1ccccc1. The van der Waals surface area contributed by atoms with Crippen molar-refractivity contribution in [2.24, 2.45) is 0 Å². The topological polar surface area (TPSA) is 116 Å². The van der Waals surface area contributed by atoms with Gasteiger partial charge >= 0.3 is 0 Å². The summed E-state index contributed by atoms with van der Waals surface area (Å²) in [5, 5.41) is 18.7. The van der Waals surface area contributed by atoms with Crippen molar-refractivity contribution >= 4 is 34.2 Å². The van der Waals surface area contributed by atoms with Gasteiger partial charge in [-0.3, -0.25) is 9.00 Å². The van der Waals surface area contributed by atoms with Crippen LogP contribution in [0.15, 0.2) is 59.6 Å². The zero-order valence-electron chi connectivity index (χ0n) is 18.5. The van der Waals surface area contributed by atoms with Crippen molar-refractivity contribution in [1.29, 1.82) is 0 Å². The van der Waals surface area contributed by atoms with E-state index >= 15 is 0 Å². The van der Waals surface area contributed by atoms with Crippen LogP contribution in [0.2, 0.25) is 0 Å². The largest absolute Gasteiger partial charge is 0.394 e. The number of aliphatic hydroxyl groups excluding tert-OH is 1. The molecule has 174 valence electrons. The first-order valence-electron chi connectivity index (χ1n) is 10.3. The molecule has 1 heterocycles. The van der Waals surface area contributed by atoms with Crippen LogP contribution in [0.1, 0.15) is 35.8 Å². The van der Waals surface area contributed by atoms with Gasteiger partial charge in [-0.05, 0) is 37.6 Å². The smallest absolute Gasteiger partial charge is 0.256 e. The molecule has 8 nitrogen and oxygen atoms in total. The molecule has 10 heteroatoms. The highest BCUT2D eigenvalue weighted by atomic mass is 32.2. The lowest BCUT2D eigenvalue weighted by molar-refractivity contribution is 0.0943. The molecule has 0 aliphatic heterocycles. The molecular formula is C23H26FN5O3S. The zero-order chi connectivity index (χ0) is 24.0. The van der Waals surface area contributed by atoms with Crippen molar-refractivity contribution in [3.8, 4) is 0 Å². The van der Waals surface area contributed by atoms with Crippen LogP contribution in [-0.4, -0.2) is 44.1 Å². The first kappa shape index (κ1) is 24.3. The third-order valence-corrected chi connectivity index (χ3v) is 5.60. The van der Waals surface area contributed by atoms with Gasteiger partial charge in [-0.25, -0.2) is 9.37 Å². The molecule has 1 aromatic heterocycles. The molecule has 0 aliphatic carbocycles. The number of carbonyl (C=O) groups excluding carboxylic acids is 1. The average molecular weight is 472 g/mol. The molecule has 3 aromatic rings. The Morgan fingerprint density at radius 1 is 1.18 bits per heavy atom. The Labute approximate surface area is 194 Å². The van der Waals surface area contributed by atoms with E-state index in [0.717, 1.165) is 5.56 Å². The Morgan fingerprint density at radius 2 is 1.91 bits per heavy atom. The fourth-order valence-electron chi connectivity index (χ4n) is 3.08. The molecule has 1 amide bonds. The van der Waals surface area contributed by atoms with Crippen molar-refractivity contribution in [3.63, 3.8) is 0 Å². The Balaban J connectivity index is 1.94. The predicted octanol–water partition coefficient (Wildman–Crippen LogP) is 3.38. The van der Waals surface area contributed by atoms with Crippen LogP contribution in [-0.2, 0) is 10.8 Å². The van der Waals surface area contributed by atoms with Crippen LogP contribution in [0.3, 0.4) is 0 Å². The Morgan fingerprint density at radius 3 is 2.52 bits per heavy atom. The van der Waals surface area contributed by atoms with Crippen LogP contribution < -0.4 is 16.0 Å². The lowest BCUT2D eigenvalue weighted by Crippen LogP contribution is -2.31. The van der Waals surface area contributed by atoms with E-state index in [1.54, 1.807) is 6.07 Å². The molecule has 0 aliphatic rings. The van der Waals surface area contributed by atoms with Gasteiger partial charge in [0.25, 0.3) is 5.91 Å². The zero-order valence-corrected chi connectivity index (χ0v) is 19.3. The molecule has 3 rings (SSSR count). The lowest BCUT2D eigenvalue weighted by Gasteiger charge is -2.20. The normalized spacial score (nSPS) is 12.8. The molecule has 2 atom stereocenters. The molecule has 0 saturated carbocycles.